The average molecular weight is 402 g/mol. The number of benzene rings is 1. The minimum atomic E-state index is -0.0379. The van der Waals surface area contributed by atoms with Gasteiger partial charge in [0.05, 0.1) is 6.54 Å². The van der Waals surface area contributed by atoms with E-state index < -0.39 is 0 Å². The van der Waals surface area contributed by atoms with Crippen LogP contribution < -0.4 is 20.9 Å². The average Bonchev–Trinajstić information content (AvgIpc) is 2.74. The van der Waals surface area contributed by atoms with Gasteiger partial charge >= 0.3 is 6.03 Å². The zero-order valence-corrected chi connectivity index (χ0v) is 17.7. The van der Waals surface area contributed by atoms with Gasteiger partial charge in [0, 0.05) is 49.6 Å². The highest BCUT2D eigenvalue weighted by molar-refractivity contribution is 5.92. The molecule has 3 N–H and O–H groups in total. The topological polar surface area (TPSA) is 76.7 Å². The van der Waals surface area contributed by atoms with Crippen molar-refractivity contribution in [2.45, 2.75) is 58.0 Å². The van der Waals surface area contributed by atoms with Gasteiger partial charge in [0.2, 0.25) is 5.91 Å². The summed E-state index contributed by atoms with van der Waals surface area (Å²) in [5.41, 5.74) is 1.92. The first-order valence-electron chi connectivity index (χ1n) is 10.9. The van der Waals surface area contributed by atoms with Gasteiger partial charge in [-0.25, -0.2) is 4.79 Å². The lowest BCUT2D eigenvalue weighted by molar-refractivity contribution is -0.115. The highest BCUT2D eigenvalue weighted by atomic mass is 16.2. The second kappa shape index (κ2) is 10.5. The number of anilines is 2. The molecular formula is C22H35N5O2. The van der Waals surface area contributed by atoms with Crippen LogP contribution in [0, 0.1) is 0 Å². The summed E-state index contributed by atoms with van der Waals surface area (Å²) < 4.78 is 0. The van der Waals surface area contributed by atoms with Gasteiger partial charge in [-0.1, -0.05) is 33.1 Å². The Hall–Kier alpha value is -2.28. The van der Waals surface area contributed by atoms with Crippen molar-refractivity contribution >= 4 is 23.3 Å². The molecule has 2 aliphatic rings. The Morgan fingerprint density at radius 3 is 2.28 bits per heavy atom. The van der Waals surface area contributed by atoms with E-state index in [4.69, 9.17) is 0 Å². The molecule has 29 heavy (non-hydrogen) atoms. The van der Waals surface area contributed by atoms with Crippen molar-refractivity contribution in [1.82, 2.24) is 15.5 Å². The van der Waals surface area contributed by atoms with E-state index >= 15 is 0 Å². The Morgan fingerprint density at radius 1 is 1.00 bits per heavy atom. The highest BCUT2D eigenvalue weighted by Gasteiger charge is 2.24. The molecule has 3 amide bonds. The largest absolute Gasteiger partial charge is 0.368 e. The predicted octanol–water partition coefficient (Wildman–Crippen LogP) is 2.79. The molecule has 0 unspecified atom stereocenters. The molecule has 0 atom stereocenters. The van der Waals surface area contributed by atoms with E-state index in [0.29, 0.717) is 12.6 Å². The zero-order valence-electron chi connectivity index (χ0n) is 17.7. The quantitative estimate of drug-likeness (QED) is 0.685. The summed E-state index contributed by atoms with van der Waals surface area (Å²) in [5, 5.41) is 9.23. The molecule has 0 bridgehead atoms. The molecule has 0 radical (unpaired) electrons. The van der Waals surface area contributed by atoms with Crippen molar-refractivity contribution in [1.29, 1.82) is 0 Å². The molecule has 0 spiro atoms. The van der Waals surface area contributed by atoms with Gasteiger partial charge in [0.1, 0.15) is 0 Å². The van der Waals surface area contributed by atoms with Crippen molar-refractivity contribution in [3.8, 4) is 0 Å². The summed E-state index contributed by atoms with van der Waals surface area (Å²) >= 11 is 0. The van der Waals surface area contributed by atoms with Crippen LogP contribution >= 0.6 is 0 Å². The molecule has 7 nitrogen and oxygen atoms in total. The number of amides is 3. The number of hydrogen-bond acceptors (Lipinski definition) is 4. The van der Waals surface area contributed by atoms with Crippen LogP contribution in [-0.4, -0.2) is 61.6 Å². The zero-order chi connectivity index (χ0) is 20.6. The Balaban J connectivity index is 1.43. The molecule has 1 aromatic carbocycles. The number of carbonyl (C=O) groups excluding carboxylic acids is 2. The molecule has 0 aromatic heterocycles. The molecule has 1 saturated carbocycles. The third kappa shape index (κ3) is 6.63. The van der Waals surface area contributed by atoms with Crippen LogP contribution in [0.5, 0.6) is 0 Å². The third-order valence-electron chi connectivity index (χ3n) is 5.69. The fourth-order valence-corrected chi connectivity index (χ4v) is 3.94. The van der Waals surface area contributed by atoms with Crippen LogP contribution in [0.3, 0.4) is 0 Å². The number of rotatable bonds is 6. The SMILES string of the molecule is CC(C)NCC(=O)Nc1ccc(N2CCN(C(=O)NC3CCCCC3)CC2)cc1. The Morgan fingerprint density at radius 2 is 1.66 bits per heavy atom. The summed E-state index contributed by atoms with van der Waals surface area (Å²) in [5.74, 6) is -0.0379. The van der Waals surface area contributed by atoms with E-state index in [1.807, 2.05) is 43.0 Å². The number of nitrogens with zero attached hydrogens (tertiary/aromatic N) is 2. The molecule has 1 aromatic rings. The number of hydrogen-bond donors (Lipinski definition) is 3. The fourth-order valence-electron chi connectivity index (χ4n) is 3.94. The van der Waals surface area contributed by atoms with Crippen LogP contribution in [0.4, 0.5) is 16.2 Å². The summed E-state index contributed by atoms with van der Waals surface area (Å²) in [6.07, 6.45) is 5.97. The van der Waals surface area contributed by atoms with Crippen LogP contribution in [0.1, 0.15) is 46.0 Å². The lowest BCUT2D eigenvalue weighted by Gasteiger charge is -2.37. The van der Waals surface area contributed by atoms with Crippen molar-refractivity contribution in [2.75, 3.05) is 42.9 Å². The van der Waals surface area contributed by atoms with Crippen LogP contribution in [0.2, 0.25) is 0 Å². The molecule has 2 fully saturated rings. The van der Waals surface area contributed by atoms with Gasteiger partial charge in [-0.05, 0) is 37.1 Å². The molecule has 1 saturated heterocycles. The van der Waals surface area contributed by atoms with E-state index in [9.17, 15) is 9.59 Å². The predicted molar refractivity (Wildman–Crippen MR) is 117 cm³/mol. The maximum absolute atomic E-state index is 12.5. The molecule has 7 heteroatoms. The van der Waals surface area contributed by atoms with E-state index in [2.05, 4.69) is 20.9 Å². The number of piperazine rings is 1. The first kappa shape index (κ1) is 21.4. The monoisotopic (exact) mass is 401 g/mol. The lowest BCUT2D eigenvalue weighted by Crippen LogP contribution is -2.53. The second-order valence-electron chi connectivity index (χ2n) is 8.39. The first-order valence-corrected chi connectivity index (χ1v) is 10.9. The smallest absolute Gasteiger partial charge is 0.317 e. The maximum atomic E-state index is 12.5. The maximum Gasteiger partial charge on any atom is 0.317 e. The van der Waals surface area contributed by atoms with Gasteiger partial charge in [-0.2, -0.15) is 0 Å². The number of urea groups is 1. The van der Waals surface area contributed by atoms with E-state index in [-0.39, 0.29) is 18.0 Å². The summed E-state index contributed by atoms with van der Waals surface area (Å²) in [6.45, 7) is 7.45. The summed E-state index contributed by atoms with van der Waals surface area (Å²) in [7, 11) is 0. The third-order valence-corrected chi connectivity index (χ3v) is 5.69. The van der Waals surface area contributed by atoms with Crippen molar-refractivity contribution < 1.29 is 9.59 Å². The lowest BCUT2D eigenvalue weighted by atomic mass is 9.96. The fraction of sp³-hybridized carbons (Fsp3) is 0.636. The van der Waals surface area contributed by atoms with Gasteiger partial charge < -0.3 is 25.8 Å². The van der Waals surface area contributed by atoms with Crippen LogP contribution in [0.25, 0.3) is 0 Å². The second-order valence-corrected chi connectivity index (χ2v) is 8.39. The van der Waals surface area contributed by atoms with E-state index in [0.717, 1.165) is 50.4 Å². The van der Waals surface area contributed by atoms with Crippen molar-refractivity contribution in [3.05, 3.63) is 24.3 Å². The Bertz CT molecular complexity index is 662. The number of nitrogens with one attached hydrogen (secondary N) is 3. The highest BCUT2D eigenvalue weighted by Crippen LogP contribution is 2.20. The number of carbonyl (C=O) groups is 2. The molecule has 1 aliphatic carbocycles. The molecule has 3 rings (SSSR count). The van der Waals surface area contributed by atoms with Gasteiger partial charge in [-0.3, -0.25) is 4.79 Å². The van der Waals surface area contributed by atoms with Crippen LogP contribution in [-0.2, 0) is 4.79 Å². The van der Waals surface area contributed by atoms with Crippen molar-refractivity contribution in [2.24, 2.45) is 0 Å². The van der Waals surface area contributed by atoms with Gasteiger partial charge in [-0.15, -0.1) is 0 Å². The Labute approximate surface area is 174 Å². The van der Waals surface area contributed by atoms with Crippen LogP contribution in [0.15, 0.2) is 24.3 Å². The molecule has 1 heterocycles. The molecule has 1 aliphatic heterocycles. The Kier molecular flexibility index (Phi) is 7.75. The van der Waals surface area contributed by atoms with Crippen molar-refractivity contribution in [3.63, 3.8) is 0 Å². The van der Waals surface area contributed by atoms with Gasteiger partial charge in [0.25, 0.3) is 0 Å². The van der Waals surface area contributed by atoms with E-state index in [1.165, 1.54) is 19.3 Å². The minimum absolute atomic E-state index is 0.0379. The molecular weight excluding hydrogens is 366 g/mol. The standard InChI is InChI=1S/C22H35N5O2/c1-17(2)23-16-21(28)24-19-8-10-20(11-9-19)26-12-14-27(15-13-26)22(29)25-18-6-4-3-5-7-18/h8-11,17-18,23H,3-7,12-16H2,1-2H3,(H,24,28)(H,25,29). The van der Waals surface area contributed by atoms with E-state index in [1.54, 1.807) is 0 Å². The first-order chi connectivity index (χ1) is 14.0. The molecule has 160 valence electrons. The minimum Gasteiger partial charge on any atom is -0.368 e. The summed E-state index contributed by atoms with van der Waals surface area (Å²) in [6, 6.07) is 8.66. The summed E-state index contributed by atoms with van der Waals surface area (Å²) in [4.78, 5) is 28.6. The normalized spacial score (nSPS) is 18.0. The van der Waals surface area contributed by atoms with Gasteiger partial charge in [0.15, 0.2) is 0 Å².